The van der Waals surface area contributed by atoms with Gasteiger partial charge in [0.05, 0.1) is 22.2 Å². The van der Waals surface area contributed by atoms with Crippen molar-refractivity contribution >= 4 is 28.0 Å². The topological polar surface area (TPSA) is 30.7 Å². The Kier molecular flexibility index (Phi) is 5.89. The molecule has 0 amide bonds. The molecule has 3 nitrogen and oxygen atoms in total. The van der Waals surface area contributed by atoms with Crippen molar-refractivity contribution < 1.29 is 0 Å². The van der Waals surface area contributed by atoms with Crippen LogP contribution in [0, 0.1) is 0 Å². The van der Waals surface area contributed by atoms with Crippen molar-refractivity contribution in [1.29, 1.82) is 0 Å². The van der Waals surface area contributed by atoms with Crippen molar-refractivity contribution in [2.24, 2.45) is 0 Å². The number of hydrogen-bond donors (Lipinski definition) is 0. The molecule has 3 heteroatoms. The minimum Gasteiger partial charge on any atom is -0.292 e. The maximum absolute atomic E-state index is 5.53. The lowest BCUT2D eigenvalue weighted by atomic mass is 9.77. The smallest absolute Gasteiger partial charge is 0.145 e. The van der Waals surface area contributed by atoms with Crippen LogP contribution in [0.4, 0.5) is 0 Å². The molecule has 0 fully saturated rings. The zero-order chi connectivity index (χ0) is 30.1. The summed E-state index contributed by atoms with van der Waals surface area (Å²) in [5, 5.41) is 1.26. The van der Waals surface area contributed by atoms with E-state index in [0.29, 0.717) is 11.8 Å². The van der Waals surface area contributed by atoms with Crippen LogP contribution < -0.4 is 0 Å². The number of imidazole rings is 1. The van der Waals surface area contributed by atoms with Gasteiger partial charge in [0.25, 0.3) is 0 Å². The third-order valence-corrected chi connectivity index (χ3v) is 9.88. The first-order chi connectivity index (χ1) is 22.2. The van der Waals surface area contributed by atoms with E-state index in [0.717, 1.165) is 52.2 Å². The Labute approximate surface area is 263 Å². The molecular formula is C42H33N3. The van der Waals surface area contributed by atoms with Gasteiger partial charge in [0.15, 0.2) is 0 Å². The number of benzene rings is 5. The number of para-hydroxylation sites is 3. The van der Waals surface area contributed by atoms with E-state index in [1.807, 2.05) is 0 Å². The monoisotopic (exact) mass is 579 g/mol. The predicted octanol–water partition coefficient (Wildman–Crippen LogP) is 10.8. The first-order valence-electron chi connectivity index (χ1n) is 16.0. The summed E-state index contributed by atoms with van der Waals surface area (Å²) in [4.78, 5) is 10.6. The van der Waals surface area contributed by atoms with Crippen LogP contribution in [0.1, 0.15) is 54.4 Å². The Balaban J connectivity index is 1.28. The molecule has 2 atom stereocenters. The second-order valence-corrected chi connectivity index (χ2v) is 12.7. The SMILES string of the molecule is CC1Cc2c(nc3c4c(ccc3c2-c2ccc(-c3nc5ccccc5n3-c3ccccc3)cc2)C=CCC4C)-c2ccccc21. The van der Waals surface area contributed by atoms with Crippen LogP contribution in [0.3, 0.4) is 0 Å². The minimum atomic E-state index is 0.427. The average molecular weight is 580 g/mol. The van der Waals surface area contributed by atoms with Crippen LogP contribution >= 0.6 is 0 Å². The normalized spacial score (nSPS) is 16.8. The van der Waals surface area contributed by atoms with Crippen LogP contribution in [-0.4, -0.2) is 14.5 Å². The number of nitrogens with zero attached hydrogens (tertiary/aromatic N) is 3. The first-order valence-corrected chi connectivity index (χ1v) is 16.0. The van der Waals surface area contributed by atoms with Crippen LogP contribution in [0.5, 0.6) is 0 Å². The highest BCUT2D eigenvalue weighted by molar-refractivity contribution is 6.03. The molecule has 5 aromatic carbocycles. The Bertz CT molecular complexity index is 2290. The average Bonchev–Trinajstić information content (AvgIpc) is 3.48. The number of allylic oxidation sites excluding steroid dienone is 1. The Hall–Kier alpha value is -5.28. The summed E-state index contributed by atoms with van der Waals surface area (Å²) in [6, 6.07) is 41.5. The van der Waals surface area contributed by atoms with E-state index in [9.17, 15) is 0 Å². The lowest BCUT2D eigenvalue weighted by Crippen LogP contribution is -2.13. The van der Waals surface area contributed by atoms with Gasteiger partial charge < -0.3 is 0 Å². The predicted molar refractivity (Wildman–Crippen MR) is 187 cm³/mol. The van der Waals surface area contributed by atoms with Crippen LogP contribution in [0.15, 0.2) is 121 Å². The summed E-state index contributed by atoms with van der Waals surface area (Å²) in [6.07, 6.45) is 6.60. The third kappa shape index (κ3) is 4.04. The largest absolute Gasteiger partial charge is 0.292 e. The van der Waals surface area contributed by atoms with Gasteiger partial charge in [-0.1, -0.05) is 117 Å². The first kappa shape index (κ1) is 26.2. The van der Waals surface area contributed by atoms with E-state index in [4.69, 9.17) is 9.97 Å². The maximum atomic E-state index is 5.53. The van der Waals surface area contributed by atoms with Gasteiger partial charge in [-0.25, -0.2) is 9.97 Å². The van der Waals surface area contributed by atoms with E-state index < -0.39 is 0 Å². The number of aromatic nitrogens is 3. The maximum Gasteiger partial charge on any atom is 0.145 e. The Morgan fingerprint density at radius 2 is 1.44 bits per heavy atom. The summed E-state index contributed by atoms with van der Waals surface area (Å²) in [5.74, 6) is 1.81. The molecule has 9 rings (SSSR count). The highest BCUT2D eigenvalue weighted by atomic mass is 15.1. The van der Waals surface area contributed by atoms with Gasteiger partial charge in [0, 0.05) is 22.2 Å². The zero-order valence-corrected chi connectivity index (χ0v) is 25.5. The van der Waals surface area contributed by atoms with E-state index in [1.165, 1.54) is 44.3 Å². The summed E-state index contributed by atoms with van der Waals surface area (Å²) >= 11 is 0. The van der Waals surface area contributed by atoms with Gasteiger partial charge in [-0.15, -0.1) is 0 Å². The molecule has 2 aliphatic carbocycles. The van der Waals surface area contributed by atoms with Crippen LogP contribution in [0.2, 0.25) is 0 Å². The van der Waals surface area contributed by atoms with Crippen LogP contribution in [-0.2, 0) is 6.42 Å². The molecule has 2 aromatic heterocycles. The molecule has 45 heavy (non-hydrogen) atoms. The van der Waals surface area contributed by atoms with Crippen LogP contribution in [0.25, 0.3) is 67.5 Å². The van der Waals surface area contributed by atoms with Gasteiger partial charge in [-0.2, -0.15) is 0 Å². The molecule has 0 radical (unpaired) electrons. The van der Waals surface area contributed by atoms with Crippen molar-refractivity contribution in [2.75, 3.05) is 0 Å². The quantitative estimate of drug-likeness (QED) is 0.208. The fraction of sp³-hybridized carbons (Fsp3) is 0.143. The number of fused-ring (bicyclic) bond motifs is 7. The third-order valence-electron chi connectivity index (χ3n) is 9.88. The van der Waals surface area contributed by atoms with Gasteiger partial charge in [0.1, 0.15) is 5.82 Å². The van der Waals surface area contributed by atoms with Gasteiger partial charge in [-0.05, 0) is 82.3 Å². The fourth-order valence-electron chi connectivity index (χ4n) is 7.74. The zero-order valence-electron chi connectivity index (χ0n) is 25.5. The Morgan fingerprint density at radius 3 is 2.31 bits per heavy atom. The lowest BCUT2D eigenvalue weighted by molar-refractivity contribution is 0.746. The molecule has 2 aliphatic rings. The fourth-order valence-corrected chi connectivity index (χ4v) is 7.74. The summed E-state index contributed by atoms with van der Waals surface area (Å²) in [5.41, 5.74) is 15.9. The lowest BCUT2D eigenvalue weighted by Gasteiger charge is -2.29. The molecule has 2 heterocycles. The molecule has 2 unspecified atom stereocenters. The van der Waals surface area contributed by atoms with E-state index in [2.05, 4.69) is 146 Å². The number of hydrogen-bond acceptors (Lipinski definition) is 2. The van der Waals surface area contributed by atoms with Gasteiger partial charge in [0.2, 0.25) is 0 Å². The molecule has 0 saturated heterocycles. The molecule has 7 aromatic rings. The molecule has 216 valence electrons. The summed E-state index contributed by atoms with van der Waals surface area (Å²) in [6.45, 7) is 4.69. The molecule has 0 bridgehead atoms. The molecule has 0 saturated carbocycles. The number of rotatable bonds is 3. The minimum absolute atomic E-state index is 0.427. The second kappa shape index (κ2) is 10.1. The van der Waals surface area contributed by atoms with Crippen molar-refractivity contribution in [1.82, 2.24) is 14.5 Å². The summed E-state index contributed by atoms with van der Waals surface area (Å²) < 4.78 is 2.27. The molecule has 0 N–H and O–H groups in total. The second-order valence-electron chi connectivity index (χ2n) is 12.7. The summed E-state index contributed by atoms with van der Waals surface area (Å²) in [7, 11) is 0. The van der Waals surface area contributed by atoms with Crippen molar-refractivity contribution in [3.05, 3.63) is 144 Å². The van der Waals surface area contributed by atoms with Gasteiger partial charge in [-0.3, -0.25) is 4.57 Å². The highest BCUT2D eigenvalue weighted by Crippen LogP contribution is 2.47. The molecular weight excluding hydrogens is 546 g/mol. The number of pyridine rings is 1. The van der Waals surface area contributed by atoms with E-state index >= 15 is 0 Å². The molecule has 0 aliphatic heterocycles. The van der Waals surface area contributed by atoms with E-state index in [-0.39, 0.29) is 0 Å². The highest BCUT2D eigenvalue weighted by Gasteiger charge is 2.29. The van der Waals surface area contributed by atoms with E-state index in [1.54, 1.807) is 0 Å². The van der Waals surface area contributed by atoms with Crippen molar-refractivity contribution in [2.45, 2.75) is 38.5 Å². The standard InChI is InChI=1S/C42H33N3/c1-26-11-10-12-28-23-24-34-39(35-25-27(2)32-15-6-7-16-33(32)40(35)44-41(34)38(26)28)29-19-21-30(22-20-29)42-43-36-17-8-9-18-37(36)45(42)31-13-4-3-5-14-31/h3-10,12-24,26-27H,11,25H2,1-2H3. The van der Waals surface area contributed by atoms with Crippen molar-refractivity contribution in [3.63, 3.8) is 0 Å². The molecule has 0 spiro atoms. The van der Waals surface area contributed by atoms with Crippen molar-refractivity contribution in [3.8, 4) is 39.5 Å². The van der Waals surface area contributed by atoms with Gasteiger partial charge >= 0.3 is 0 Å². The Morgan fingerprint density at radius 1 is 0.689 bits per heavy atom.